The standard InChI is InChI=1S/C23H25FN4O4/c1-30-19-10-9-15(12-20(19)31-2)22-26-21(32-27-22)14-28-11-5-6-16(13-28)23(29)25-18-8-4-3-7-17(18)24/h3-4,7-10,12,16H,5-6,11,13-14H2,1-2H3,(H,25,29)/t16-/m1/s1. The molecule has 32 heavy (non-hydrogen) atoms. The second-order valence-electron chi connectivity index (χ2n) is 7.62. The van der Waals surface area contributed by atoms with Gasteiger partial charge in [0.15, 0.2) is 11.5 Å². The molecule has 168 valence electrons. The number of likely N-dealkylation sites (tertiary alicyclic amines) is 1. The lowest BCUT2D eigenvalue weighted by Crippen LogP contribution is -2.40. The maximum absolute atomic E-state index is 13.8. The number of hydrogen-bond acceptors (Lipinski definition) is 7. The molecule has 9 heteroatoms. The molecule has 8 nitrogen and oxygen atoms in total. The van der Waals surface area contributed by atoms with E-state index in [0.29, 0.717) is 36.3 Å². The molecule has 1 amide bonds. The molecule has 1 aliphatic rings. The van der Waals surface area contributed by atoms with Crippen molar-refractivity contribution in [2.75, 3.05) is 32.6 Å². The van der Waals surface area contributed by atoms with Gasteiger partial charge in [-0.05, 0) is 49.7 Å². The lowest BCUT2D eigenvalue weighted by atomic mass is 9.97. The summed E-state index contributed by atoms with van der Waals surface area (Å²) in [6.45, 7) is 1.79. The van der Waals surface area contributed by atoms with Gasteiger partial charge < -0.3 is 19.3 Å². The van der Waals surface area contributed by atoms with E-state index in [0.717, 1.165) is 24.9 Å². The number of hydrogen-bond donors (Lipinski definition) is 1. The predicted octanol–water partition coefficient (Wildman–Crippen LogP) is 3.74. The van der Waals surface area contributed by atoms with Crippen LogP contribution in [0.2, 0.25) is 0 Å². The molecule has 0 saturated carbocycles. The van der Waals surface area contributed by atoms with Crippen LogP contribution in [-0.4, -0.2) is 48.3 Å². The minimum atomic E-state index is -0.443. The van der Waals surface area contributed by atoms with E-state index in [-0.39, 0.29) is 17.5 Å². The largest absolute Gasteiger partial charge is 0.493 e. The first-order valence-electron chi connectivity index (χ1n) is 10.4. The molecule has 1 N–H and O–H groups in total. The molecule has 0 unspecified atom stereocenters. The number of halogens is 1. The van der Waals surface area contributed by atoms with Crippen LogP contribution >= 0.6 is 0 Å². The molecule has 2 aromatic carbocycles. The van der Waals surface area contributed by atoms with Gasteiger partial charge in [-0.3, -0.25) is 9.69 Å². The fraction of sp³-hybridized carbons (Fsp3) is 0.348. The quantitative estimate of drug-likeness (QED) is 0.599. The van der Waals surface area contributed by atoms with E-state index in [1.807, 2.05) is 6.07 Å². The van der Waals surface area contributed by atoms with E-state index in [1.165, 1.54) is 6.07 Å². The first-order chi connectivity index (χ1) is 15.6. The van der Waals surface area contributed by atoms with Gasteiger partial charge in [-0.25, -0.2) is 4.39 Å². The summed E-state index contributed by atoms with van der Waals surface area (Å²) in [5.41, 5.74) is 0.949. The monoisotopic (exact) mass is 440 g/mol. The maximum atomic E-state index is 13.8. The SMILES string of the molecule is COc1ccc(-c2noc(CN3CCC[C@@H](C(=O)Nc4ccccc4F)C3)n2)cc1OC. The summed E-state index contributed by atoms with van der Waals surface area (Å²) in [6.07, 6.45) is 1.60. The molecule has 1 fully saturated rings. The van der Waals surface area contributed by atoms with Gasteiger partial charge in [-0.1, -0.05) is 17.3 Å². The lowest BCUT2D eigenvalue weighted by molar-refractivity contribution is -0.121. The second kappa shape index (κ2) is 9.78. The topological polar surface area (TPSA) is 89.7 Å². The maximum Gasteiger partial charge on any atom is 0.241 e. The molecule has 4 rings (SSSR count). The van der Waals surface area contributed by atoms with E-state index in [2.05, 4.69) is 20.4 Å². The number of piperidine rings is 1. The number of rotatable bonds is 7. The van der Waals surface area contributed by atoms with Gasteiger partial charge in [-0.2, -0.15) is 4.98 Å². The number of amides is 1. The number of anilines is 1. The van der Waals surface area contributed by atoms with Gasteiger partial charge in [0, 0.05) is 12.1 Å². The Labute approximate surface area is 185 Å². The third-order valence-corrected chi connectivity index (χ3v) is 5.48. The fourth-order valence-corrected chi connectivity index (χ4v) is 3.81. The number of para-hydroxylation sites is 1. The summed E-state index contributed by atoms with van der Waals surface area (Å²) >= 11 is 0. The molecular weight excluding hydrogens is 415 g/mol. The van der Waals surface area contributed by atoms with E-state index < -0.39 is 5.82 Å². The molecule has 1 aromatic heterocycles. The average Bonchev–Trinajstić information content (AvgIpc) is 3.28. The minimum Gasteiger partial charge on any atom is -0.493 e. The van der Waals surface area contributed by atoms with Crippen LogP contribution in [0.1, 0.15) is 18.7 Å². The number of methoxy groups -OCH3 is 2. The van der Waals surface area contributed by atoms with Crippen LogP contribution in [0.3, 0.4) is 0 Å². The Bertz CT molecular complexity index is 1090. The molecule has 0 spiro atoms. The normalized spacial score (nSPS) is 16.5. The van der Waals surface area contributed by atoms with Crippen LogP contribution in [-0.2, 0) is 11.3 Å². The van der Waals surface area contributed by atoms with E-state index in [4.69, 9.17) is 14.0 Å². The number of carbonyl (C=O) groups excluding carboxylic acids is 1. The zero-order valence-corrected chi connectivity index (χ0v) is 18.0. The highest BCUT2D eigenvalue weighted by molar-refractivity contribution is 5.92. The number of ether oxygens (including phenoxy) is 2. The fourth-order valence-electron chi connectivity index (χ4n) is 3.81. The highest BCUT2D eigenvalue weighted by Crippen LogP contribution is 2.31. The Morgan fingerprint density at radius 1 is 1.22 bits per heavy atom. The summed E-state index contributed by atoms with van der Waals surface area (Å²) in [6, 6.07) is 11.6. The van der Waals surface area contributed by atoms with Crippen molar-refractivity contribution < 1.29 is 23.2 Å². The summed E-state index contributed by atoms with van der Waals surface area (Å²) in [4.78, 5) is 19.2. The van der Waals surface area contributed by atoms with Crippen molar-refractivity contribution in [1.29, 1.82) is 0 Å². The van der Waals surface area contributed by atoms with Crippen molar-refractivity contribution in [2.45, 2.75) is 19.4 Å². The number of benzene rings is 2. The Hall–Kier alpha value is -3.46. The molecule has 3 aromatic rings. The molecule has 0 bridgehead atoms. The lowest BCUT2D eigenvalue weighted by Gasteiger charge is -2.30. The van der Waals surface area contributed by atoms with Crippen LogP contribution in [0, 0.1) is 11.7 Å². The summed E-state index contributed by atoms with van der Waals surface area (Å²) in [5.74, 6) is 1.25. The third-order valence-electron chi connectivity index (χ3n) is 5.48. The van der Waals surface area contributed by atoms with Crippen LogP contribution in [0.25, 0.3) is 11.4 Å². The molecule has 1 aliphatic heterocycles. The predicted molar refractivity (Wildman–Crippen MR) is 116 cm³/mol. The molecule has 0 radical (unpaired) electrons. The van der Waals surface area contributed by atoms with Crippen molar-refractivity contribution in [3.8, 4) is 22.9 Å². The zero-order chi connectivity index (χ0) is 22.5. The van der Waals surface area contributed by atoms with Gasteiger partial charge in [0.1, 0.15) is 5.82 Å². The van der Waals surface area contributed by atoms with Crippen molar-refractivity contribution in [3.63, 3.8) is 0 Å². The van der Waals surface area contributed by atoms with Crippen molar-refractivity contribution in [1.82, 2.24) is 15.0 Å². The highest BCUT2D eigenvalue weighted by atomic mass is 19.1. The first-order valence-corrected chi connectivity index (χ1v) is 10.4. The average molecular weight is 440 g/mol. The van der Waals surface area contributed by atoms with Gasteiger partial charge in [0.25, 0.3) is 0 Å². The number of aromatic nitrogens is 2. The van der Waals surface area contributed by atoms with Crippen molar-refractivity contribution >= 4 is 11.6 Å². The van der Waals surface area contributed by atoms with Gasteiger partial charge >= 0.3 is 0 Å². The Balaban J connectivity index is 1.39. The highest BCUT2D eigenvalue weighted by Gasteiger charge is 2.27. The minimum absolute atomic E-state index is 0.184. The Morgan fingerprint density at radius 2 is 2.03 bits per heavy atom. The van der Waals surface area contributed by atoms with E-state index >= 15 is 0 Å². The van der Waals surface area contributed by atoms with Crippen molar-refractivity contribution in [2.24, 2.45) is 5.92 Å². The number of carbonyl (C=O) groups is 1. The number of nitrogens with one attached hydrogen (secondary N) is 1. The first kappa shape index (κ1) is 21.8. The third kappa shape index (κ3) is 4.88. The van der Waals surface area contributed by atoms with Crippen LogP contribution in [0.4, 0.5) is 10.1 Å². The molecule has 0 aliphatic carbocycles. The smallest absolute Gasteiger partial charge is 0.241 e. The molecule has 1 saturated heterocycles. The summed E-state index contributed by atoms with van der Waals surface area (Å²) in [5, 5.41) is 6.77. The molecule has 2 heterocycles. The molecular formula is C23H25FN4O4. The van der Waals surface area contributed by atoms with Gasteiger partial charge in [-0.15, -0.1) is 0 Å². The van der Waals surface area contributed by atoms with E-state index in [9.17, 15) is 9.18 Å². The summed E-state index contributed by atoms with van der Waals surface area (Å²) < 4.78 is 29.9. The van der Waals surface area contributed by atoms with Gasteiger partial charge in [0.05, 0.1) is 32.4 Å². The molecule has 1 atom stereocenters. The van der Waals surface area contributed by atoms with E-state index in [1.54, 1.807) is 44.6 Å². The van der Waals surface area contributed by atoms with Crippen LogP contribution < -0.4 is 14.8 Å². The second-order valence-corrected chi connectivity index (χ2v) is 7.62. The zero-order valence-electron chi connectivity index (χ0n) is 18.0. The van der Waals surface area contributed by atoms with Crippen molar-refractivity contribution in [3.05, 3.63) is 54.2 Å². The Morgan fingerprint density at radius 3 is 2.81 bits per heavy atom. The Kier molecular flexibility index (Phi) is 6.65. The van der Waals surface area contributed by atoms with Crippen LogP contribution in [0.5, 0.6) is 11.5 Å². The van der Waals surface area contributed by atoms with Crippen LogP contribution in [0.15, 0.2) is 47.0 Å². The summed E-state index contributed by atoms with van der Waals surface area (Å²) in [7, 11) is 3.14. The van der Waals surface area contributed by atoms with Gasteiger partial charge in [0.2, 0.25) is 17.6 Å². The number of nitrogens with zero attached hydrogens (tertiary/aromatic N) is 3.